The topological polar surface area (TPSA) is 33.0 Å². The Labute approximate surface area is 158 Å². The van der Waals surface area contributed by atoms with Crippen LogP contribution < -0.4 is 4.74 Å². The van der Waals surface area contributed by atoms with Crippen LogP contribution in [0.1, 0.15) is 11.1 Å². The number of hydrogen-bond acceptors (Lipinski definition) is 2. The predicted molar refractivity (Wildman–Crippen MR) is 110 cm³/mol. The van der Waals surface area contributed by atoms with Crippen LogP contribution in [0.4, 0.5) is 0 Å². The molecule has 0 saturated heterocycles. The van der Waals surface area contributed by atoms with Gasteiger partial charge >= 0.3 is 0 Å². The number of fused-ring (bicyclic) bond motifs is 1. The fraction of sp³-hybridized carbons (Fsp3) is 0. The van der Waals surface area contributed by atoms with Gasteiger partial charge in [-0.05, 0) is 58.3 Å². The second-order valence-corrected chi connectivity index (χ2v) is 6.22. The Hall–Kier alpha value is -3.83. The molecule has 0 aliphatic carbocycles. The van der Waals surface area contributed by atoms with Crippen LogP contribution in [0.25, 0.3) is 22.4 Å². The van der Waals surface area contributed by atoms with Crippen molar-refractivity contribution in [3.63, 3.8) is 0 Å². The van der Waals surface area contributed by atoms with Crippen molar-refractivity contribution in [2.24, 2.45) is 0 Å². The third kappa shape index (κ3) is 3.89. The lowest BCUT2D eigenvalue weighted by atomic mass is 10.00. The van der Waals surface area contributed by atoms with Crippen molar-refractivity contribution in [3.8, 4) is 17.6 Å². The Bertz CT molecular complexity index is 1150. The molecule has 4 aromatic rings. The zero-order valence-electron chi connectivity index (χ0n) is 14.7. The maximum atomic E-state index is 9.67. The molecule has 0 heterocycles. The van der Waals surface area contributed by atoms with E-state index in [1.807, 2.05) is 84.9 Å². The molecule has 0 bridgehead atoms. The first kappa shape index (κ1) is 16.6. The monoisotopic (exact) mass is 347 g/mol. The van der Waals surface area contributed by atoms with E-state index in [1.165, 1.54) is 0 Å². The van der Waals surface area contributed by atoms with E-state index >= 15 is 0 Å². The fourth-order valence-corrected chi connectivity index (χ4v) is 3.00. The molecule has 0 atom stereocenters. The van der Waals surface area contributed by atoms with E-state index < -0.39 is 0 Å². The number of rotatable bonds is 4. The van der Waals surface area contributed by atoms with Crippen LogP contribution in [-0.4, -0.2) is 0 Å². The molecule has 0 amide bonds. The summed E-state index contributed by atoms with van der Waals surface area (Å²) in [5.74, 6) is 1.53. The normalized spacial score (nSPS) is 11.1. The Balaban J connectivity index is 1.66. The third-order valence-corrected chi connectivity index (χ3v) is 4.33. The summed E-state index contributed by atoms with van der Waals surface area (Å²) >= 11 is 0. The summed E-state index contributed by atoms with van der Waals surface area (Å²) in [6, 6.07) is 34.0. The quantitative estimate of drug-likeness (QED) is 0.304. The van der Waals surface area contributed by atoms with Gasteiger partial charge in [0.2, 0.25) is 0 Å². The summed E-state index contributed by atoms with van der Waals surface area (Å²) < 4.78 is 5.89. The number of benzene rings is 4. The predicted octanol–water partition coefficient (Wildman–Crippen LogP) is 6.70. The average molecular weight is 347 g/mol. The fourth-order valence-electron chi connectivity index (χ4n) is 3.00. The Morgan fingerprint density at radius 2 is 1.44 bits per heavy atom. The lowest BCUT2D eigenvalue weighted by molar-refractivity contribution is 0.482. The molecule has 2 heteroatoms. The molecule has 4 rings (SSSR count). The molecule has 0 radical (unpaired) electrons. The van der Waals surface area contributed by atoms with Gasteiger partial charge in [0.05, 0.1) is 11.6 Å². The van der Waals surface area contributed by atoms with Crippen molar-refractivity contribution in [1.29, 1.82) is 5.26 Å². The lowest BCUT2D eigenvalue weighted by Gasteiger charge is -2.07. The van der Waals surface area contributed by atoms with E-state index in [2.05, 4.69) is 24.3 Å². The molecule has 0 saturated carbocycles. The van der Waals surface area contributed by atoms with E-state index in [1.54, 1.807) is 0 Å². The number of nitriles is 1. The van der Waals surface area contributed by atoms with Crippen LogP contribution in [0.5, 0.6) is 11.5 Å². The maximum absolute atomic E-state index is 9.67. The zero-order chi connectivity index (χ0) is 18.5. The van der Waals surface area contributed by atoms with Crippen molar-refractivity contribution in [3.05, 3.63) is 108 Å². The van der Waals surface area contributed by atoms with Gasteiger partial charge in [0.15, 0.2) is 0 Å². The zero-order valence-corrected chi connectivity index (χ0v) is 14.7. The summed E-state index contributed by atoms with van der Waals surface area (Å²) in [5, 5.41) is 12.0. The van der Waals surface area contributed by atoms with Crippen molar-refractivity contribution in [2.75, 3.05) is 0 Å². The van der Waals surface area contributed by atoms with Crippen LogP contribution in [0.2, 0.25) is 0 Å². The van der Waals surface area contributed by atoms with E-state index in [4.69, 9.17) is 4.74 Å². The average Bonchev–Trinajstić information content (AvgIpc) is 2.73. The van der Waals surface area contributed by atoms with Gasteiger partial charge in [-0.3, -0.25) is 0 Å². The van der Waals surface area contributed by atoms with Crippen LogP contribution in [0, 0.1) is 11.3 Å². The number of nitrogens with zero attached hydrogens (tertiary/aromatic N) is 1. The van der Waals surface area contributed by atoms with Crippen LogP contribution >= 0.6 is 0 Å². The number of allylic oxidation sites excluding steroid dienone is 1. The molecular weight excluding hydrogens is 330 g/mol. The third-order valence-electron chi connectivity index (χ3n) is 4.33. The SMILES string of the molecule is N#C/C(=C/c1cccc(Oc2ccccc2)c1)c1ccc2ccccc2c1. The molecule has 0 N–H and O–H groups in total. The van der Waals surface area contributed by atoms with Crippen molar-refractivity contribution >= 4 is 22.4 Å². The maximum Gasteiger partial charge on any atom is 0.128 e. The first-order valence-electron chi connectivity index (χ1n) is 8.76. The van der Waals surface area contributed by atoms with Crippen molar-refractivity contribution in [2.45, 2.75) is 0 Å². The van der Waals surface area contributed by atoms with Crippen LogP contribution in [-0.2, 0) is 0 Å². The first-order valence-corrected chi connectivity index (χ1v) is 8.76. The van der Waals surface area contributed by atoms with E-state index in [9.17, 15) is 5.26 Å². The molecule has 27 heavy (non-hydrogen) atoms. The van der Waals surface area contributed by atoms with Gasteiger partial charge in [-0.2, -0.15) is 5.26 Å². The molecule has 2 nitrogen and oxygen atoms in total. The van der Waals surface area contributed by atoms with Gasteiger partial charge < -0.3 is 4.74 Å². The molecular formula is C25H17NO. The molecule has 0 unspecified atom stereocenters. The van der Waals surface area contributed by atoms with Gasteiger partial charge in [0.25, 0.3) is 0 Å². The summed E-state index contributed by atoms with van der Waals surface area (Å²) in [7, 11) is 0. The molecule has 0 spiro atoms. The number of hydrogen-bond donors (Lipinski definition) is 0. The van der Waals surface area contributed by atoms with Crippen LogP contribution in [0.3, 0.4) is 0 Å². The summed E-state index contributed by atoms with van der Waals surface area (Å²) in [6.45, 7) is 0. The molecule has 0 fully saturated rings. The molecule has 128 valence electrons. The number of ether oxygens (including phenoxy) is 1. The molecule has 0 aliphatic rings. The molecule has 0 aromatic heterocycles. The van der Waals surface area contributed by atoms with Gasteiger partial charge in [-0.1, -0.05) is 66.7 Å². The van der Waals surface area contributed by atoms with E-state index in [-0.39, 0.29) is 0 Å². The Morgan fingerprint density at radius 3 is 2.26 bits per heavy atom. The summed E-state index contributed by atoms with van der Waals surface area (Å²) in [6.07, 6.45) is 1.89. The van der Waals surface area contributed by atoms with Gasteiger partial charge in [-0.15, -0.1) is 0 Å². The second kappa shape index (κ2) is 7.59. The Kier molecular flexibility index (Phi) is 4.68. The molecule has 4 aromatic carbocycles. The van der Waals surface area contributed by atoms with Gasteiger partial charge in [0.1, 0.15) is 11.5 Å². The minimum absolute atomic E-state index is 0.623. The highest BCUT2D eigenvalue weighted by molar-refractivity contribution is 5.94. The lowest BCUT2D eigenvalue weighted by Crippen LogP contribution is -1.86. The largest absolute Gasteiger partial charge is 0.457 e. The smallest absolute Gasteiger partial charge is 0.128 e. The van der Waals surface area contributed by atoms with Crippen molar-refractivity contribution in [1.82, 2.24) is 0 Å². The van der Waals surface area contributed by atoms with Crippen molar-refractivity contribution < 1.29 is 4.74 Å². The minimum Gasteiger partial charge on any atom is -0.457 e. The number of para-hydroxylation sites is 1. The Morgan fingerprint density at radius 1 is 0.704 bits per heavy atom. The first-order chi connectivity index (χ1) is 13.3. The van der Waals surface area contributed by atoms with Gasteiger partial charge in [-0.25, -0.2) is 0 Å². The summed E-state index contributed by atoms with van der Waals surface area (Å²) in [5.41, 5.74) is 2.45. The highest BCUT2D eigenvalue weighted by Gasteiger charge is 2.04. The van der Waals surface area contributed by atoms with E-state index in [0.717, 1.165) is 33.4 Å². The highest BCUT2D eigenvalue weighted by Crippen LogP contribution is 2.26. The highest BCUT2D eigenvalue weighted by atomic mass is 16.5. The second-order valence-electron chi connectivity index (χ2n) is 6.22. The van der Waals surface area contributed by atoms with E-state index in [0.29, 0.717) is 5.57 Å². The molecule has 0 aliphatic heterocycles. The summed E-state index contributed by atoms with van der Waals surface area (Å²) in [4.78, 5) is 0. The van der Waals surface area contributed by atoms with Crippen LogP contribution in [0.15, 0.2) is 97.1 Å². The minimum atomic E-state index is 0.623. The van der Waals surface area contributed by atoms with Gasteiger partial charge in [0, 0.05) is 0 Å². The standard InChI is InChI=1S/C25H17NO/c26-18-23(22-14-13-20-8-4-5-9-21(20)17-22)15-19-7-6-12-25(16-19)27-24-10-2-1-3-11-24/h1-17H/b23-15-.